The highest BCUT2D eigenvalue weighted by atomic mass is 19.1. The van der Waals surface area contributed by atoms with E-state index in [2.05, 4.69) is 0 Å². The van der Waals surface area contributed by atoms with Gasteiger partial charge in [0.25, 0.3) is 11.8 Å². The molecule has 0 atom stereocenters. The first-order valence-corrected chi connectivity index (χ1v) is 5.59. The lowest BCUT2D eigenvalue weighted by atomic mass is 10.1. The smallest absolute Gasteiger partial charge is 0.268 e. The standard InChI is InChI=1S/C13H10F2N2O3/c1-16-11(18)9(12(19)17(2)13(16)20)5-7-3-4-8(14)6-10(7)15/h3-6H,1-2H3. The summed E-state index contributed by atoms with van der Waals surface area (Å²) >= 11 is 0. The second-order valence-electron chi connectivity index (χ2n) is 4.23. The molecule has 0 N–H and O–H groups in total. The van der Waals surface area contributed by atoms with Crippen LogP contribution in [0.4, 0.5) is 13.6 Å². The second kappa shape index (κ2) is 4.84. The van der Waals surface area contributed by atoms with Crippen LogP contribution < -0.4 is 0 Å². The Morgan fingerprint density at radius 3 is 2.05 bits per heavy atom. The fourth-order valence-corrected chi connectivity index (χ4v) is 1.75. The highest BCUT2D eigenvalue weighted by Gasteiger charge is 2.37. The number of hydrogen-bond donors (Lipinski definition) is 0. The van der Waals surface area contributed by atoms with Crippen LogP contribution in [0.2, 0.25) is 0 Å². The molecule has 0 aromatic heterocycles. The Bertz CT molecular complexity index is 629. The molecule has 1 saturated heterocycles. The Hall–Kier alpha value is -2.57. The zero-order chi connectivity index (χ0) is 15.0. The van der Waals surface area contributed by atoms with Crippen molar-refractivity contribution in [1.82, 2.24) is 9.80 Å². The quantitative estimate of drug-likeness (QED) is 0.577. The molecule has 1 aliphatic heterocycles. The van der Waals surface area contributed by atoms with Crippen molar-refractivity contribution in [3.63, 3.8) is 0 Å². The summed E-state index contributed by atoms with van der Waals surface area (Å²) in [6.45, 7) is 0. The molecule has 5 nitrogen and oxygen atoms in total. The van der Waals surface area contributed by atoms with Crippen molar-refractivity contribution in [2.24, 2.45) is 0 Å². The van der Waals surface area contributed by atoms with Crippen molar-refractivity contribution in [3.05, 3.63) is 41.0 Å². The molecule has 0 radical (unpaired) electrons. The van der Waals surface area contributed by atoms with Crippen LogP contribution in [0, 0.1) is 11.6 Å². The lowest BCUT2D eigenvalue weighted by molar-refractivity contribution is -0.134. The first kappa shape index (κ1) is 13.9. The highest BCUT2D eigenvalue weighted by molar-refractivity contribution is 6.30. The summed E-state index contributed by atoms with van der Waals surface area (Å²) in [6.07, 6.45) is 0.999. The van der Waals surface area contributed by atoms with E-state index in [9.17, 15) is 23.2 Å². The largest absolute Gasteiger partial charge is 0.333 e. The van der Waals surface area contributed by atoms with Gasteiger partial charge in [-0.2, -0.15) is 0 Å². The van der Waals surface area contributed by atoms with Gasteiger partial charge in [0.05, 0.1) is 0 Å². The number of halogens is 2. The van der Waals surface area contributed by atoms with Gasteiger partial charge in [-0.25, -0.2) is 13.6 Å². The maximum atomic E-state index is 13.5. The summed E-state index contributed by atoms with van der Waals surface area (Å²) in [7, 11) is 2.42. The second-order valence-corrected chi connectivity index (χ2v) is 4.23. The van der Waals surface area contributed by atoms with Crippen molar-refractivity contribution < 1.29 is 23.2 Å². The van der Waals surface area contributed by atoms with Crippen LogP contribution in [0.25, 0.3) is 6.08 Å². The number of nitrogens with zero attached hydrogens (tertiary/aromatic N) is 2. The van der Waals surface area contributed by atoms with Crippen molar-refractivity contribution in [1.29, 1.82) is 0 Å². The Kier molecular flexibility index (Phi) is 3.35. The van der Waals surface area contributed by atoms with Gasteiger partial charge in [0, 0.05) is 25.7 Å². The highest BCUT2D eigenvalue weighted by Crippen LogP contribution is 2.19. The number of carbonyl (C=O) groups excluding carboxylic acids is 3. The number of urea groups is 1. The van der Waals surface area contributed by atoms with Gasteiger partial charge < -0.3 is 0 Å². The van der Waals surface area contributed by atoms with Gasteiger partial charge in [-0.1, -0.05) is 0 Å². The fourth-order valence-electron chi connectivity index (χ4n) is 1.75. The van der Waals surface area contributed by atoms with E-state index >= 15 is 0 Å². The molecule has 1 aromatic carbocycles. The van der Waals surface area contributed by atoms with Crippen molar-refractivity contribution >= 4 is 23.9 Å². The molecule has 20 heavy (non-hydrogen) atoms. The third kappa shape index (κ3) is 2.18. The van der Waals surface area contributed by atoms with Gasteiger partial charge in [-0.05, 0) is 18.2 Å². The van der Waals surface area contributed by atoms with Gasteiger partial charge in [-0.15, -0.1) is 0 Å². The van der Waals surface area contributed by atoms with Gasteiger partial charge in [0.1, 0.15) is 17.2 Å². The van der Waals surface area contributed by atoms with E-state index in [-0.39, 0.29) is 11.1 Å². The van der Waals surface area contributed by atoms with Crippen LogP contribution in [-0.4, -0.2) is 41.7 Å². The van der Waals surface area contributed by atoms with Crippen LogP contribution in [0.3, 0.4) is 0 Å². The maximum Gasteiger partial charge on any atom is 0.333 e. The summed E-state index contributed by atoms with van der Waals surface area (Å²) < 4.78 is 26.3. The number of barbiturate groups is 1. The zero-order valence-electron chi connectivity index (χ0n) is 10.7. The van der Waals surface area contributed by atoms with Crippen LogP contribution in [0.1, 0.15) is 5.56 Å². The summed E-state index contributed by atoms with van der Waals surface area (Å²) in [5.74, 6) is -3.33. The summed E-state index contributed by atoms with van der Waals surface area (Å²) in [5, 5.41) is 0. The van der Waals surface area contributed by atoms with E-state index in [1.165, 1.54) is 14.1 Å². The lowest BCUT2D eigenvalue weighted by Crippen LogP contribution is -2.52. The van der Waals surface area contributed by atoms with Gasteiger partial charge in [0.15, 0.2) is 0 Å². The molecule has 0 saturated carbocycles. The summed E-state index contributed by atoms with van der Waals surface area (Å²) in [5.41, 5.74) is -0.473. The SMILES string of the molecule is CN1C(=O)C(=Cc2ccc(F)cc2F)C(=O)N(C)C1=O. The van der Waals surface area contributed by atoms with E-state index in [4.69, 9.17) is 0 Å². The first-order chi connectivity index (χ1) is 9.32. The molecule has 2 rings (SSSR count). The number of carbonyl (C=O) groups is 3. The minimum absolute atomic E-state index is 0.112. The van der Waals surface area contributed by atoms with Gasteiger partial charge in [-0.3, -0.25) is 19.4 Å². The third-order valence-corrected chi connectivity index (χ3v) is 2.91. The fraction of sp³-hybridized carbons (Fsp3) is 0.154. The average molecular weight is 280 g/mol. The molecule has 1 fully saturated rings. The minimum atomic E-state index is -0.902. The normalized spacial score (nSPS) is 16.0. The summed E-state index contributed by atoms with van der Waals surface area (Å²) in [4.78, 5) is 36.7. The number of likely N-dealkylation sites (N-methyl/N-ethyl adjacent to an activating group) is 2. The number of hydrogen-bond acceptors (Lipinski definition) is 3. The van der Waals surface area contributed by atoms with Crippen molar-refractivity contribution in [3.8, 4) is 0 Å². The van der Waals surface area contributed by atoms with E-state index in [1.807, 2.05) is 0 Å². The van der Waals surface area contributed by atoms with Crippen LogP contribution >= 0.6 is 0 Å². The van der Waals surface area contributed by atoms with E-state index in [0.717, 1.165) is 28.0 Å². The Balaban J connectivity index is 2.49. The molecular weight excluding hydrogens is 270 g/mol. The Labute approximate surface area is 113 Å². The van der Waals surface area contributed by atoms with Crippen molar-refractivity contribution in [2.75, 3.05) is 14.1 Å². The van der Waals surface area contributed by atoms with Crippen molar-refractivity contribution in [2.45, 2.75) is 0 Å². The Morgan fingerprint density at radius 1 is 1.00 bits per heavy atom. The Morgan fingerprint density at radius 2 is 1.55 bits per heavy atom. The average Bonchev–Trinajstić information content (AvgIpc) is 2.41. The van der Waals surface area contributed by atoms with Gasteiger partial charge >= 0.3 is 6.03 Å². The molecule has 7 heteroatoms. The minimum Gasteiger partial charge on any atom is -0.268 e. The number of rotatable bonds is 1. The van der Waals surface area contributed by atoms with Crippen LogP contribution in [0.15, 0.2) is 23.8 Å². The van der Waals surface area contributed by atoms with E-state index in [0.29, 0.717) is 6.07 Å². The number of imide groups is 2. The molecule has 104 valence electrons. The molecule has 4 amide bonds. The number of benzene rings is 1. The molecule has 0 aliphatic carbocycles. The zero-order valence-corrected chi connectivity index (χ0v) is 10.7. The predicted molar refractivity (Wildman–Crippen MR) is 65.3 cm³/mol. The van der Waals surface area contributed by atoms with Crippen LogP contribution in [-0.2, 0) is 9.59 Å². The third-order valence-electron chi connectivity index (χ3n) is 2.91. The molecule has 1 aromatic rings. The van der Waals surface area contributed by atoms with E-state index < -0.39 is 29.5 Å². The monoisotopic (exact) mass is 280 g/mol. The summed E-state index contributed by atoms with van der Waals surface area (Å²) in [6, 6.07) is 1.99. The number of amides is 4. The lowest BCUT2D eigenvalue weighted by Gasteiger charge is -2.28. The first-order valence-electron chi connectivity index (χ1n) is 5.59. The molecule has 0 unspecified atom stereocenters. The molecule has 1 aliphatic rings. The topological polar surface area (TPSA) is 57.7 Å². The van der Waals surface area contributed by atoms with E-state index in [1.54, 1.807) is 0 Å². The molecule has 0 bridgehead atoms. The molecule has 0 spiro atoms. The van der Waals surface area contributed by atoms with Crippen LogP contribution in [0.5, 0.6) is 0 Å². The molecular formula is C13H10F2N2O3. The van der Waals surface area contributed by atoms with Gasteiger partial charge in [0.2, 0.25) is 0 Å². The molecule has 1 heterocycles. The predicted octanol–water partition coefficient (Wildman–Crippen LogP) is 1.40. The maximum absolute atomic E-state index is 13.5.